The van der Waals surface area contributed by atoms with Gasteiger partial charge < -0.3 is 14.8 Å². The Labute approximate surface area is 192 Å². The summed E-state index contributed by atoms with van der Waals surface area (Å²) in [6, 6.07) is 9.34. The average Bonchev–Trinajstić information content (AvgIpc) is 3.38. The van der Waals surface area contributed by atoms with Crippen LogP contribution < -0.4 is 10.2 Å². The third-order valence-electron chi connectivity index (χ3n) is 5.68. The Morgan fingerprint density at radius 3 is 2.58 bits per heavy atom. The summed E-state index contributed by atoms with van der Waals surface area (Å²) in [7, 11) is 3.32. The molecule has 0 bridgehead atoms. The highest BCUT2D eigenvalue weighted by atomic mass is 19.1. The lowest BCUT2D eigenvalue weighted by Crippen LogP contribution is -2.30. The van der Waals surface area contributed by atoms with Crippen molar-refractivity contribution in [3.8, 4) is 11.4 Å². The van der Waals surface area contributed by atoms with Gasteiger partial charge in [-0.15, -0.1) is 0 Å². The molecule has 33 heavy (non-hydrogen) atoms. The minimum absolute atomic E-state index is 0.0389. The Morgan fingerprint density at radius 1 is 1.21 bits per heavy atom. The maximum absolute atomic E-state index is 15.3. The molecule has 3 aromatic heterocycles. The van der Waals surface area contributed by atoms with E-state index in [0.717, 1.165) is 23.6 Å². The first-order valence-corrected chi connectivity index (χ1v) is 11.0. The van der Waals surface area contributed by atoms with Crippen LogP contribution in [0.4, 0.5) is 10.2 Å². The smallest absolute Gasteiger partial charge is 0.254 e. The number of halogens is 1. The van der Waals surface area contributed by atoms with Crippen LogP contribution in [-0.2, 0) is 13.6 Å². The Hall–Kier alpha value is -3.75. The number of anilines is 1. The number of rotatable bonds is 7. The van der Waals surface area contributed by atoms with E-state index in [-0.39, 0.29) is 11.1 Å². The van der Waals surface area contributed by atoms with E-state index in [0.29, 0.717) is 23.9 Å². The second-order valence-electron chi connectivity index (χ2n) is 8.16. The Kier molecular flexibility index (Phi) is 6.13. The van der Waals surface area contributed by atoms with Crippen LogP contribution in [0.5, 0.6) is 0 Å². The minimum Gasteiger partial charge on any atom is -0.355 e. The number of carbonyl (C=O) groups excluding carboxylic acids is 1. The van der Waals surface area contributed by atoms with E-state index in [4.69, 9.17) is 0 Å². The number of aromatic nitrogens is 5. The van der Waals surface area contributed by atoms with Crippen LogP contribution in [0.15, 0.2) is 42.7 Å². The van der Waals surface area contributed by atoms with Gasteiger partial charge in [-0.05, 0) is 51.1 Å². The van der Waals surface area contributed by atoms with E-state index >= 15 is 4.39 Å². The fourth-order valence-corrected chi connectivity index (χ4v) is 4.04. The van der Waals surface area contributed by atoms with Gasteiger partial charge in [0.25, 0.3) is 5.91 Å². The molecule has 9 heteroatoms. The quantitative estimate of drug-likeness (QED) is 0.466. The monoisotopic (exact) mass is 449 g/mol. The van der Waals surface area contributed by atoms with Gasteiger partial charge in [0.05, 0.1) is 23.3 Å². The molecule has 0 radical (unpaired) electrons. The molecule has 8 nitrogen and oxygen atoms in total. The van der Waals surface area contributed by atoms with Crippen LogP contribution in [0.25, 0.3) is 22.4 Å². The number of hydrogen-bond acceptors (Lipinski definition) is 5. The fourth-order valence-electron chi connectivity index (χ4n) is 4.04. The van der Waals surface area contributed by atoms with E-state index in [2.05, 4.69) is 46.1 Å². The van der Waals surface area contributed by atoms with Crippen molar-refractivity contribution in [2.75, 3.05) is 18.5 Å². The minimum atomic E-state index is -0.644. The van der Waals surface area contributed by atoms with Crippen molar-refractivity contribution in [2.24, 2.45) is 7.05 Å². The molecule has 3 heterocycles. The summed E-state index contributed by atoms with van der Waals surface area (Å²) in [6.07, 6.45) is 3.62. The van der Waals surface area contributed by atoms with Crippen molar-refractivity contribution >= 4 is 22.8 Å². The van der Waals surface area contributed by atoms with Gasteiger partial charge in [-0.25, -0.2) is 14.4 Å². The fraction of sp³-hybridized carbons (Fsp3) is 0.333. The number of fused-ring (bicyclic) bond motifs is 1. The molecule has 0 aliphatic heterocycles. The molecule has 1 N–H and O–H groups in total. The van der Waals surface area contributed by atoms with Gasteiger partial charge in [0.2, 0.25) is 0 Å². The number of nitrogens with zero attached hydrogens (tertiary/aromatic N) is 6. The van der Waals surface area contributed by atoms with Gasteiger partial charge in [-0.2, -0.15) is 5.10 Å². The van der Waals surface area contributed by atoms with Gasteiger partial charge >= 0.3 is 0 Å². The summed E-state index contributed by atoms with van der Waals surface area (Å²) in [4.78, 5) is 23.6. The van der Waals surface area contributed by atoms with Crippen LogP contribution >= 0.6 is 0 Å². The van der Waals surface area contributed by atoms with E-state index in [9.17, 15) is 4.79 Å². The highest BCUT2D eigenvalue weighted by Gasteiger charge is 2.21. The second kappa shape index (κ2) is 9.01. The third kappa shape index (κ3) is 4.18. The van der Waals surface area contributed by atoms with Gasteiger partial charge in [0, 0.05) is 44.6 Å². The number of hydrogen-bond donors (Lipinski definition) is 1. The van der Waals surface area contributed by atoms with Gasteiger partial charge in [0.1, 0.15) is 17.2 Å². The summed E-state index contributed by atoms with van der Waals surface area (Å²) in [5.41, 5.74) is 2.26. The molecule has 0 aliphatic carbocycles. The molecule has 0 atom stereocenters. The molecule has 0 aliphatic rings. The molecule has 4 aromatic rings. The van der Waals surface area contributed by atoms with Crippen molar-refractivity contribution < 1.29 is 9.18 Å². The molecular formula is C24H28FN7O. The van der Waals surface area contributed by atoms with Crippen LogP contribution in [0.1, 0.15) is 36.8 Å². The van der Waals surface area contributed by atoms with Crippen LogP contribution in [0.2, 0.25) is 0 Å². The summed E-state index contributed by atoms with van der Waals surface area (Å²) < 4.78 is 18.9. The zero-order valence-electron chi connectivity index (χ0n) is 19.5. The van der Waals surface area contributed by atoms with Crippen LogP contribution in [-0.4, -0.2) is 49.9 Å². The molecule has 1 amide bonds. The SMILES string of the molecule is CCN(c1ccc(-c2nc3c(F)c(C(=O)NC)ccc3n2Cc2ccn(C)n2)cn1)C(C)C. The molecule has 1 aromatic carbocycles. The number of aryl methyl sites for hydroxylation is 1. The number of benzene rings is 1. The van der Waals surface area contributed by atoms with E-state index in [1.165, 1.54) is 13.1 Å². The zero-order valence-corrected chi connectivity index (χ0v) is 19.5. The first-order valence-electron chi connectivity index (χ1n) is 11.0. The Balaban J connectivity index is 1.86. The number of imidazole rings is 1. The summed E-state index contributed by atoms with van der Waals surface area (Å²) in [6.45, 7) is 7.58. The molecule has 0 saturated carbocycles. The lowest BCUT2D eigenvalue weighted by Gasteiger charge is -2.26. The van der Waals surface area contributed by atoms with Crippen LogP contribution in [0, 0.1) is 5.82 Å². The first kappa shape index (κ1) is 22.4. The molecule has 0 fully saturated rings. The van der Waals surface area contributed by atoms with E-state index in [1.54, 1.807) is 16.9 Å². The van der Waals surface area contributed by atoms with E-state index < -0.39 is 11.7 Å². The maximum Gasteiger partial charge on any atom is 0.254 e. The standard InChI is InChI=1S/C24H28FN7O/c1-6-31(15(2)3)20-10-7-16(13-27-20)23-28-22-19(9-8-18(21(22)25)24(33)26-4)32(23)14-17-11-12-30(5)29-17/h7-13,15H,6,14H2,1-5H3,(H,26,33). The second-order valence-corrected chi connectivity index (χ2v) is 8.16. The third-order valence-corrected chi connectivity index (χ3v) is 5.68. The molecule has 0 unspecified atom stereocenters. The molecule has 172 valence electrons. The van der Waals surface area contributed by atoms with E-state index in [1.807, 2.05) is 36.0 Å². The molecule has 4 rings (SSSR count). The lowest BCUT2D eigenvalue weighted by molar-refractivity contribution is 0.0959. The van der Waals surface area contributed by atoms with Crippen molar-refractivity contribution in [3.05, 3.63) is 59.8 Å². The van der Waals surface area contributed by atoms with Gasteiger partial charge in [0.15, 0.2) is 5.82 Å². The number of nitrogens with one attached hydrogen (secondary N) is 1. The Bertz CT molecular complexity index is 1290. The number of pyridine rings is 1. The highest BCUT2D eigenvalue weighted by Crippen LogP contribution is 2.29. The molecular weight excluding hydrogens is 421 g/mol. The lowest BCUT2D eigenvalue weighted by atomic mass is 10.1. The van der Waals surface area contributed by atoms with Crippen molar-refractivity contribution in [1.29, 1.82) is 0 Å². The number of carbonyl (C=O) groups is 1. The zero-order chi connectivity index (χ0) is 23.7. The predicted molar refractivity (Wildman–Crippen MR) is 127 cm³/mol. The maximum atomic E-state index is 15.3. The predicted octanol–water partition coefficient (Wildman–Crippen LogP) is 3.61. The Morgan fingerprint density at radius 2 is 2.00 bits per heavy atom. The van der Waals surface area contributed by atoms with Crippen LogP contribution in [0.3, 0.4) is 0 Å². The molecule has 0 saturated heterocycles. The first-order chi connectivity index (χ1) is 15.8. The topological polar surface area (TPSA) is 80.9 Å². The van der Waals surface area contributed by atoms with Gasteiger partial charge in [-0.3, -0.25) is 9.48 Å². The summed E-state index contributed by atoms with van der Waals surface area (Å²) in [5.74, 6) is 0.302. The van der Waals surface area contributed by atoms with Gasteiger partial charge in [-0.1, -0.05) is 0 Å². The highest BCUT2D eigenvalue weighted by molar-refractivity contribution is 5.98. The van der Waals surface area contributed by atoms with Crippen molar-refractivity contribution in [1.82, 2.24) is 29.6 Å². The number of amides is 1. The average molecular weight is 450 g/mol. The van der Waals surface area contributed by atoms with Crippen molar-refractivity contribution in [3.63, 3.8) is 0 Å². The van der Waals surface area contributed by atoms with Crippen molar-refractivity contribution in [2.45, 2.75) is 33.4 Å². The molecule has 0 spiro atoms. The summed E-state index contributed by atoms with van der Waals surface area (Å²) in [5, 5.41) is 6.94. The summed E-state index contributed by atoms with van der Waals surface area (Å²) >= 11 is 0. The normalized spacial score (nSPS) is 11.4. The largest absolute Gasteiger partial charge is 0.355 e.